The number of rotatable bonds is 2. The minimum absolute atomic E-state index is 0.0464. The second-order valence-corrected chi connectivity index (χ2v) is 6.02. The number of carboxylic acid groups (broad SMARTS) is 1. The van der Waals surface area contributed by atoms with Crippen molar-refractivity contribution in [2.45, 2.75) is 25.7 Å². The number of carbonyl (C=O) groups is 1. The number of piperidine rings is 1. The Kier molecular flexibility index (Phi) is 3.35. The second-order valence-electron chi connectivity index (χ2n) is 5.61. The minimum Gasteiger partial charge on any atom is -0.476 e. The molecule has 5 heteroatoms. The maximum absolute atomic E-state index is 11.1. The van der Waals surface area contributed by atoms with Crippen LogP contribution in [0.4, 0.5) is 5.82 Å². The van der Waals surface area contributed by atoms with Crippen molar-refractivity contribution >= 4 is 23.4 Å². The molecule has 2 bridgehead atoms. The molecule has 1 aromatic rings. The van der Waals surface area contributed by atoms with Crippen molar-refractivity contribution in [2.75, 3.05) is 18.0 Å². The molecule has 1 aromatic heterocycles. The fraction of sp³-hybridized carbons (Fsp3) is 0.571. The van der Waals surface area contributed by atoms with Gasteiger partial charge in [-0.25, -0.2) is 9.78 Å². The summed E-state index contributed by atoms with van der Waals surface area (Å²) in [5.74, 6) is 1.15. The summed E-state index contributed by atoms with van der Waals surface area (Å²) >= 11 is 5.86. The Morgan fingerprint density at radius 3 is 2.63 bits per heavy atom. The van der Waals surface area contributed by atoms with Gasteiger partial charge in [-0.1, -0.05) is 18.0 Å². The predicted molar refractivity (Wildman–Crippen MR) is 73.9 cm³/mol. The largest absolute Gasteiger partial charge is 0.476 e. The first-order chi connectivity index (χ1) is 9.13. The first-order valence-electron chi connectivity index (χ1n) is 6.78. The number of fused-ring (bicyclic) bond motifs is 2. The molecule has 2 fully saturated rings. The second kappa shape index (κ2) is 5.00. The third kappa shape index (κ3) is 2.54. The van der Waals surface area contributed by atoms with E-state index in [1.165, 1.54) is 25.7 Å². The van der Waals surface area contributed by atoms with Crippen LogP contribution in [0.5, 0.6) is 0 Å². The van der Waals surface area contributed by atoms with Crippen LogP contribution in [0.2, 0.25) is 5.02 Å². The molecule has 0 spiro atoms. The quantitative estimate of drug-likeness (QED) is 0.905. The number of halogens is 1. The van der Waals surface area contributed by atoms with E-state index in [1.807, 2.05) is 6.07 Å². The van der Waals surface area contributed by atoms with E-state index in [0.29, 0.717) is 0 Å². The standard InChI is InChI=1S/C14H17ClN2O2/c15-11-4-5-12(16-13(11)14(18)19)17-7-9-2-1-3-10(6-9)8-17/h4-5,9-10H,1-3,6-8H2,(H,18,19). The number of anilines is 1. The first-order valence-corrected chi connectivity index (χ1v) is 7.16. The van der Waals surface area contributed by atoms with Gasteiger partial charge in [-0.05, 0) is 43.2 Å². The van der Waals surface area contributed by atoms with Gasteiger partial charge in [-0.2, -0.15) is 0 Å². The molecule has 102 valence electrons. The van der Waals surface area contributed by atoms with Crippen molar-refractivity contribution in [3.8, 4) is 0 Å². The Labute approximate surface area is 117 Å². The third-order valence-corrected chi connectivity index (χ3v) is 4.51. The zero-order valence-electron chi connectivity index (χ0n) is 10.7. The van der Waals surface area contributed by atoms with Gasteiger partial charge in [0.05, 0.1) is 5.02 Å². The summed E-state index contributed by atoms with van der Waals surface area (Å²) < 4.78 is 0. The lowest BCUT2D eigenvalue weighted by Crippen LogP contribution is -2.43. The summed E-state index contributed by atoms with van der Waals surface area (Å²) in [5, 5.41) is 9.29. The van der Waals surface area contributed by atoms with Gasteiger partial charge in [0.2, 0.25) is 0 Å². The van der Waals surface area contributed by atoms with Gasteiger partial charge in [-0.3, -0.25) is 0 Å². The fourth-order valence-electron chi connectivity index (χ4n) is 3.38. The lowest BCUT2D eigenvalue weighted by molar-refractivity contribution is 0.0690. The van der Waals surface area contributed by atoms with Crippen LogP contribution in [0.15, 0.2) is 12.1 Å². The molecule has 3 rings (SSSR count). The topological polar surface area (TPSA) is 53.4 Å². The molecule has 2 atom stereocenters. The lowest BCUT2D eigenvalue weighted by atomic mass is 9.78. The van der Waals surface area contributed by atoms with Crippen LogP contribution in [0.25, 0.3) is 0 Å². The van der Waals surface area contributed by atoms with Gasteiger partial charge >= 0.3 is 5.97 Å². The Balaban J connectivity index is 1.86. The zero-order valence-corrected chi connectivity index (χ0v) is 11.4. The minimum atomic E-state index is -1.07. The van der Waals surface area contributed by atoms with Crippen LogP contribution in [0.3, 0.4) is 0 Å². The Morgan fingerprint density at radius 2 is 2.00 bits per heavy atom. The molecule has 1 aliphatic carbocycles. The zero-order chi connectivity index (χ0) is 13.4. The van der Waals surface area contributed by atoms with E-state index in [1.54, 1.807) is 6.07 Å². The van der Waals surface area contributed by atoms with Crippen LogP contribution in [0, 0.1) is 11.8 Å². The number of pyridine rings is 1. The number of hydrogen-bond donors (Lipinski definition) is 1. The van der Waals surface area contributed by atoms with E-state index >= 15 is 0 Å². The molecule has 0 aromatic carbocycles. The molecule has 19 heavy (non-hydrogen) atoms. The number of aromatic carboxylic acids is 1. The molecule has 2 unspecified atom stereocenters. The summed E-state index contributed by atoms with van der Waals surface area (Å²) in [7, 11) is 0. The summed E-state index contributed by atoms with van der Waals surface area (Å²) in [6, 6.07) is 3.47. The molecule has 0 radical (unpaired) electrons. The summed E-state index contributed by atoms with van der Waals surface area (Å²) in [5.41, 5.74) is -0.0464. The van der Waals surface area contributed by atoms with E-state index in [0.717, 1.165) is 30.7 Å². The number of hydrogen-bond acceptors (Lipinski definition) is 3. The average molecular weight is 281 g/mol. The maximum atomic E-state index is 11.1. The van der Waals surface area contributed by atoms with Crippen molar-refractivity contribution in [1.82, 2.24) is 4.98 Å². The average Bonchev–Trinajstić information content (AvgIpc) is 2.38. The van der Waals surface area contributed by atoms with Gasteiger partial charge < -0.3 is 10.0 Å². The summed E-state index contributed by atoms with van der Waals surface area (Å²) in [6.45, 7) is 1.98. The molecule has 0 amide bonds. The fourth-order valence-corrected chi connectivity index (χ4v) is 3.56. The van der Waals surface area contributed by atoms with Crippen molar-refractivity contribution in [3.05, 3.63) is 22.8 Å². The highest BCUT2D eigenvalue weighted by Gasteiger charge is 2.31. The van der Waals surface area contributed by atoms with Gasteiger partial charge in [0.15, 0.2) is 5.69 Å². The molecule has 1 saturated carbocycles. The predicted octanol–water partition coefficient (Wildman–Crippen LogP) is 3.06. The monoisotopic (exact) mass is 280 g/mol. The SMILES string of the molecule is O=C(O)c1nc(N2CC3CCCC(C3)C2)ccc1Cl. The van der Waals surface area contributed by atoms with Crippen LogP contribution in [-0.2, 0) is 0 Å². The van der Waals surface area contributed by atoms with Crippen LogP contribution < -0.4 is 4.90 Å². The first kappa shape index (κ1) is 12.7. The van der Waals surface area contributed by atoms with Gasteiger partial charge in [-0.15, -0.1) is 0 Å². The Hall–Kier alpha value is -1.29. The molecule has 1 N–H and O–H groups in total. The normalized spacial score (nSPS) is 26.3. The molecule has 1 aliphatic heterocycles. The molecule has 4 nitrogen and oxygen atoms in total. The van der Waals surface area contributed by atoms with Gasteiger partial charge in [0.1, 0.15) is 5.82 Å². The van der Waals surface area contributed by atoms with E-state index in [4.69, 9.17) is 16.7 Å². The molecule has 2 heterocycles. The van der Waals surface area contributed by atoms with Gasteiger partial charge in [0, 0.05) is 13.1 Å². The highest BCUT2D eigenvalue weighted by Crippen LogP contribution is 2.36. The van der Waals surface area contributed by atoms with Crippen LogP contribution >= 0.6 is 11.6 Å². The Morgan fingerprint density at radius 1 is 1.32 bits per heavy atom. The maximum Gasteiger partial charge on any atom is 0.356 e. The number of carboxylic acids is 1. The van der Waals surface area contributed by atoms with E-state index in [9.17, 15) is 4.79 Å². The molecule has 1 saturated heterocycles. The summed E-state index contributed by atoms with van der Waals surface area (Å²) in [6.07, 6.45) is 5.21. The van der Waals surface area contributed by atoms with Crippen molar-refractivity contribution in [1.29, 1.82) is 0 Å². The van der Waals surface area contributed by atoms with E-state index < -0.39 is 5.97 Å². The smallest absolute Gasteiger partial charge is 0.356 e. The van der Waals surface area contributed by atoms with Crippen molar-refractivity contribution in [2.24, 2.45) is 11.8 Å². The highest BCUT2D eigenvalue weighted by atomic mass is 35.5. The lowest BCUT2D eigenvalue weighted by Gasteiger charge is -2.42. The van der Waals surface area contributed by atoms with Crippen molar-refractivity contribution < 1.29 is 9.90 Å². The van der Waals surface area contributed by atoms with Crippen molar-refractivity contribution in [3.63, 3.8) is 0 Å². The van der Waals surface area contributed by atoms with E-state index in [2.05, 4.69) is 9.88 Å². The number of nitrogens with zero attached hydrogens (tertiary/aromatic N) is 2. The molecular formula is C14H17ClN2O2. The summed E-state index contributed by atoms with van der Waals surface area (Å²) in [4.78, 5) is 17.5. The van der Waals surface area contributed by atoms with Gasteiger partial charge in [0.25, 0.3) is 0 Å². The number of aromatic nitrogens is 1. The van der Waals surface area contributed by atoms with Crippen LogP contribution in [0.1, 0.15) is 36.2 Å². The molecule has 2 aliphatic rings. The Bertz CT molecular complexity index is 494. The van der Waals surface area contributed by atoms with Crippen LogP contribution in [-0.4, -0.2) is 29.1 Å². The third-order valence-electron chi connectivity index (χ3n) is 4.21. The van der Waals surface area contributed by atoms with E-state index in [-0.39, 0.29) is 10.7 Å². The molecular weight excluding hydrogens is 264 g/mol. The highest BCUT2D eigenvalue weighted by molar-refractivity contribution is 6.33.